The van der Waals surface area contributed by atoms with Crippen LogP contribution in [-0.2, 0) is 20.6 Å². The van der Waals surface area contributed by atoms with E-state index in [1.54, 1.807) is 35.4 Å². The maximum atomic E-state index is 12.0. The van der Waals surface area contributed by atoms with Crippen molar-refractivity contribution < 1.29 is 4.79 Å². The number of nitrogens with zero attached hydrogens (tertiary/aromatic N) is 2. The van der Waals surface area contributed by atoms with Gasteiger partial charge in [0.2, 0.25) is 0 Å². The number of amides is 1. The van der Waals surface area contributed by atoms with Gasteiger partial charge in [-0.3, -0.25) is 13.9 Å². The first-order valence-electron chi connectivity index (χ1n) is 7.05. The van der Waals surface area contributed by atoms with Crippen LogP contribution in [0.5, 0.6) is 0 Å². The highest BCUT2D eigenvalue weighted by Gasteiger charge is 2.09. The lowest BCUT2D eigenvalue weighted by atomic mass is 10.1. The van der Waals surface area contributed by atoms with Gasteiger partial charge in [0, 0.05) is 26.2 Å². The van der Waals surface area contributed by atoms with E-state index < -0.39 is 0 Å². The van der Waals surface area contributed by atoms with Crippen molar-refractivity contribution in [2.45, 2.75) is 6.54 Å². The highest BCUT2D eigenvalue weighted by Crippen LogP contribution is 2.14. The Morgan fingerprint density at radius 3 is 2.41 bits per heavy atom. The molecule has 0 aliphatic carbocycles. The molecule has 0 saturated carbocycles. The predicted octanol–water partition coefficient (Wildman–Crippen LogP) is 1.81. The van der Waals surface area contributed by atoms with Crippen molar-refractivity contribution in [3.8, 4) is 0 Å². The highest BCUT2D eigenvalue weighted by atomic mass is 16.2. The average Bonchev–Trinajstić information content (AvgIpc) is 2.78. The van der Waals surface area contributed by atoms with Gasteiger partial charge in [-0.2, -0.15) is 0 Å². The Bertz CT molecular complexity index is 891. The Kier molecular flexibility index (Phi) is 3.55. The first-order valence-corrected chi connectivity index (χ1v) is 7.05. The fraction of sp³-hybridized carbons (Fsp3) is 0.176. The minimum absolute atomic E-state index is 0.0551. The summed E-state index contributed by atoms with van der Waals surface area (Å²) < 4.78 is 3.22. The third-order valence-electron chi connectivity index (χ3n) is 3.83. The van der Waals surface area contributed by atoms with E-state index in [-0.39, 0.29) is 11.6 Å². The molecule has 0 radical (unpaired) electrons. The molecule has 1 heterocycles. The molecule has 112 valence electrons. The third-order valence-corrected chi connectivity index (χ3v) is 3.83. The SMILES string of the molecule is Cn1c(=O)n(C)c2cc(CNC(=O)c3ccccc3)ccc21. The summed E-state index contributed by atoms with van der Waals surface area (Å²) in [5.74, 6) is -0.109. The third kappa shape index (κ3) is 2.41. The van der Waals surface area contributed by atoms with Gasteiger partial charge in [0.25, 0.3) is 5.91 Å². The largest absolute Gasteiger partial charge is 0.348 e. The lowest BCUT2D eigenvalue weighted by molar-refractivity contribution is 0.0951. The minimum Gasteiger partial charge on any atom is -0.348 e. The van der Waals surface area contributed by atoms with Gasteiger partial charge in [-0.05, 0) is 29.8 Å². The lowest BCUT2D eigenvalue weighted by Gasteiger charge is -2.06. The molecule has 3 aromatic rings. The molecule has 5 nitrogen and oxygen atoms in total. The first kappa shape index (κ1) is 14.1. The molecule has 0 fully saturated rings. The zero-order valence-electron chi connectivity index (χ0n) is 12.5. The van der Waals surface area contributed by atoms with Crippen LogP contribution in [0.15, 0.2) is 53.3 Å². The number of fused-ring (bicyclic) bond motifs is 1. The summed E-state index contributed by atoms with van der Waals surface area (Å²) in [7, 11) is 3.50. The summed E-state index contributed by atoms with van der Waals surface area (Å²) in [6.07, 6.45) is 0. The number of aromatic nitrogens is 2. The van der Waals surface area contributed by atoms with E-state index in [9.17, 15) is 9.59 Å². The van der Waals surface area contributed by atoms with Gasteiger partial charge in [0.05, 0.1) is 11.0 Å². The maximum absolute atomic E-state index is 12.0. The summed E-state index contributed by atoms with van der Waals surface area (Å²) in [4.78, 5) is 23.9. The van der Waals surface area contributed by atoms with Crippen molar-refractivity contribution in [1.82, 2.24) is 14.5 Å². The topological polar surface area (TPSA) is 56.0 Å². The van der Waals surface area contributed by atoms with Crippen molar-refractivity contribution in [1.29, 1.82) is 0 Å². The van der Waals surface area contributed by atoms with Crippen LogP contribution in [0.2, 0.25) is 0 Å². The molecular weight excluding hydrogens is 278 g/mol. The molecule has 3 rings (SSSR count). The number of nitrogens with one attached hydrogen (secondary N) is 1. The van der Waals surface area contributed by atoms with Crippen molar-refractivity contribution in [2.24, 2.45) is 14.1 Å². The van der Waals surface area contributed by atoms with Crippen molar-refractivity contribution in [3.63, 3.8) is 0 Å². The molecule has 0 spiro atoms. The van der Waals surface area contributed by atoms with E-state index >= 15 is 0 Å². The molecule has 0 bridgehead atoms. The zero-order chi connectivity index (χ0) is 15.7. The molecule has 22 heavy (non-hydrogen) atoms. The molecule has 0 atom stereocenters. The number of carbonyl (C=O) groups is 1. The van der Waals surface area contributed by atoms with E-state index in [0.29, 0.717) is 12.1 Å². The fourth-order valence-corrected chi connectivity index (χ4v) is 2.54. The summed E-state index contributed by atoms with van der Waals surface area (Å²) in [5, 5.41) is 2.89. The van der Waals surface area contributed by atoms with Gasteiger partial charge in [-0.25, -0.2) is 4.79 Å². The molecule has 0 aliphatic heterocycles. The second-order valence-corrected chi connectivity index (χ2v) is 5.27. The maximum Gasteiger partial charge on any atom is 0.328 e. The second kappa shape index (κ2) is 5.52. The number of aryl methyl sites for hydroxylation is 2. The van der Waals surface area contributed by atoms with Crippen LogP contribution in [0.1, 0.15) is 15.9 Å². The lowest BCUT2D eigenvalue weighted by Crippen LogP contribution is -2.22. The van der Waals surface area contributed by atoms with Crippen LogP contribution in [-0.4, -0.2) is 15.0 Å². The molecule has 5 heteroatoms. The summed E-state index contributed by atoms with van der Waals surface area (Å²) in [6, 6.07) is 14.9. The van der Waals surface area contributed by atoms with Crippen molar-refractivity contribution in [2.75, 3.05) is 0 Å². The standard InChI is InChI=1S/C17H17N3O2/c1-19-14-9-8-12(10-15(14)20(2)17(19)22)11-18-16(21)13-6-4-3-5-7-13/h3-10H,11H2,1-2H3,(H,18,21). The van der Waals surface area contributed by atoms with E-state index in [1.165, 1.54) is 0 Å². The molecule has 1 N–H and O–H groups in total. The molecular formula is C17H17N3O2. The molecule has 2 aromatic carbocycles. The molecule has 1 aromatic heterocycles. The van der Waals surface area contributed by atoms with Crippen molar-refractivity contribution in [3.05, 3.63) is 70.1 Å². The van der Waals surface area contributed by atoms with Crippen LogP contribution < -0.4 is 11.0 Å². The molecule has 0 saturated heterocycles. The molecule has 0 aliphatic rings. The Balaban J connectivity index is 1.82. The van der Waals surface area contributed by atoms with Gasteiger partial charge >= 0.3 is 5.69 Å². The normalized spacial score (nSPS) is 10.8. The predicted molar refractivity (Wildman–Crippen MR) is 85.8 cm³/mol. The number of imidazole rings is 1. The summed E-state index contributed by atoms with van der Waals surface area (Å²) in [5.41, 5.74) is 3.28. The monoisotopic (exact) mass is 295 g/mol. The van der Waals surface area contributed by atoms with Gasteiger partial charge in [0.1, 0.15) is 0 Å². The number of hydrogen-bond donors (Lipinski definition) is 1. The Labute approximate surface area is 127 Å². The van der Waals surface area contributed by atoms with Crippen molar-refractivity contribution >= 4 is 16.9 Å². The number of hydrogen-bond acceptors (Lipinski definition) is 2. The van der Waals surface area contributed by atoms with Crippen LogP contribution in [0.25, 0.3) is 11.0 Å². The van der Waals surface area contributed by atoms with E-state index in [2.05, 4.69) is 5.32 Å². The summed E-state index contributed by atoms with van der Waals surface area (Å²) in [6.45, 7) is 0.423. The van der Waals surface area contributed by atoms with Crippen LogP contribution in [0.3, 0.4) is 0 Å². The molecule has 1 amide bonds. The first-order chi connectivity index (χ1) is 10.6. The second-order valence-electron chi connectivity index (χ2n) is 5.27. The fourth-order valence-electron chi connectivity index (χ4n) is 2.54. The molecule has 0 unspecified atom stereocenters. The average molecular weight is 295 g/mol. The van der Waals surface area contributed by atoms with Gasteiger partial charge in [-0.1, -0.05) is 24.3 Å². The number of rotatable bonds is 3. The van der Waals surface area contributed by atoms with E-state index in [4.69, 9.17) is 0 Å². The van der Waals surface area contributed by atoms with Gasteiger partial charge in [-0.15, -0.1) is 0 Å². The Morgan fingerprint density at radius 1 is 1.00 bits per heavy atom. The highest BCUT2D eigenvalue weighted by molar-refractivity contribution is 5.94. The number of benzene rings is 2. The summed E-state index contributed by atoms with van der Waals surface area (Å²) >= 11 is 0. The number of carbonyl (C=O) groups excluding carboxylic acids is 1. The van der Waals surface area contributed by atoms with E-state index in [1.807, 2.05) is 36.4 Å². The van der Waals surface area contributed by atoms with Gasteiger partial charge < -0.3 is 5.32 Å². The Morgan fingerprint density at radius 2 is 1.68 bits per heavy atom. The zero-order valence-corrected chi connectivity index (χ0v) is 12.5. The van der Waals surface area contributed by atoms with Crippen LogP contribution in [0.4, 0.5) is 0 Å². The van der Waals surface area contributed by atoms with E-state index in [0.717, 1.165) is 16.6 Å². The minimum atomic E-state index is -0.109. The van der Waals surface area contributed by atoms with Crippen LogP contribution in [0, 0.1) is 0 Å². The van der Waals surface area contributed by atoms with Crippen LogP contribution >= 0.6 is 0 Å². The smallest absolute Gasteiger partial charge is 0.328 e. The van der Waals surface area contributed by atoms with Gasteiger partial charge in [0.15, 0.2) is 0 Å². The quantitative estimate of drug-likeness (QED) is 0.801. The Hall–Kier alpha value is -2.82.